The van der Waals surface area contributed by atoms with Gasteiger partial charge in [0.05, 0.1) is 5.56 Å². The first-order chi connectivity index (χ1) is 14.3. The van der Waals surface area contributed by atoms with Crippen molar-refractivity contribution in [1.29, 1.82) is 0 Å². The van der Waals surface area contributed by atoms with Gasteiger partial charge < -0.3 is 10.6 Å². The summed E-state index contributed by atoms with van der Waals surface area (Å²) in [6, 6.07) is 11.1. The molecule has 2 N–H and O–H groups in total. The molecule has 0 saturated carbocycles. The fourth-order valence-electron chi connectivity index (χ4n) is 3.54. The van der Waals surface area contributed by atoms with Crippen molar-refractivity contribution < 1.29 is 22.4 Å². The molecule has 4 rings (SSSR count). The lowest BCUT2D eigenvalue weighted by Gasteiger charge is -2.11. The van der Waals surface area contributed by atoms with Crippen molar-refractivity contribution in [3.8, 4) is 0 Å². The molecule has 0 fully saturated rings. The number of fused-ring (bicyclic) bond motifs is 1. The molecule has 30 heavy (non-hydrogen) atoms. The van der Waals surface area contributed by atoms with Crippen LogP contribution in [0.2, 0.25) is 0 Å². The first-order valence-corrected chi connectivity index (χ1v) is 9.28. The second-order valence-electron chi connectivity index (χ2n) is 7.03. The predicted molar refractivity (Wildman–Crippen MR) is 105 cm³/mol. The minimum atomic E-state index is -4.63. The average Bonchev–Trinajstić information content (AvgIpc) is 3.16. The molecule has 8 heteroatoms. The van der Waals surface area contributed by atoms with Gasteiger partial charge in [-0.25, -0.2) is 9.37 Å². The fraction of sp³-hybridized carbons (Fsp3) is 0.182. The van der Waals surface area contributed by atoms with Crippen LogP contribution in [0.5, 0.6) is 0 Å². The molecule has 0 saturated heterocycles. The second kappa shape index (κ2) is 7.78. The molecule has 0 bridgehead atoms. The number of benzene rings is 2. The Morgan fingerprint density at radius 3 is 2.73 bits per heavy atom. The molecule has 0 spiro atoms. The quantitative estimate of drug-likeness (QED) is 0.587. The summed E-state index contributed by atoms with van der Waals surface area (Å²) in [7, 11) is 0. The zero-order valence-electron chi connectivity index (χ0n) is 15.7. The lowest BCUT2D eigenvalue weighted by Crippen LogP contribution is -2.15. The molecule has 2 aromatic carbocycles. The summed E-state index contributed by atoms with van der Waals surface area (Å²) in [5.41, 5.74) is 2.15. The molecular weight excluding hydrogens is 398 g/mol. The SMILES string of the molecule is O=C(Nc1cc(Cc2cc(F)cc(C(F)(F)F)c2)ccn1)c1cccc2c1CCN2. The number of pyridine rings is 1. The van der Waals surface area contributed by atoms with Crippen molar-refractivity contribution in [2.24, 2.45) is 0 Å². The van der Waals surface area contributed by atoms with E-state index in [9.17, 15) is 22.4 Å². The molecule has 0 unspecified atom stereocenters. The van der Waals surface area contributed by atoms with Crippen molar-refractivity contribution >= 4 is 17.4 Å². The Hall–Kier alpha value is -3.42. The third-order valence-electron chi connectivity index (χ3n) is 4.87. The molecule has 1 aliphatic rings. The molecule has 1 amide bonds. The van der Waals surface area contributed by atoms with Crippen LogP contribution in [-0.2, 0) is 19.0 Å². The van der Waals surface area contributed by atoms with Gasteiger partial charge in [0.2, 0.25) is 0 Å². The van der Waals surface area contributed by atoms with E-state index in [1.807, 2.05) is 6.07 Å². The molecule has 0 aliphatic carbocycles. The Morgan fingerprint density at radius 1 is 1.10 bits per heavy atom. The Labute approximate surface area is 170 Å². The topological polar surface area (TPSA) is 54.0 Å². The number of nitrogens with zero attached hydrogens (tertiary/aromatic N) is 1. The monoisotopic (exact) mass is 415 g/mol. The van der Waals surface area contributed by atoms with Crippen LogP contribution in [-0.4, -0.2) is 17.4 Å². The van der Waals surface area contributed by atoms with Crippen LogP contribution in [0.25, 0.3) is 0 Å². The van der Waals surface area contributed by atoms with E-state index in [1.54, 1.807) is 24.3 Å². The summed E-state index contributed by atoms with van der Waals surface area (Å²) < 4.78 is 52.4. The minimum absolute atomic E-state index is 0.0664. The number of amides is 1. The standard InChI is InChI=1S/C22H17F4N3O/c23-16-10-14(9-15(12-16)22(24,25)26)8-13-4-6-28-20(11-13)29-21(30)18-2-1-3-19-17(18)5-7-27-19/h1-4,6,9-12,27H,5,7-8H2,(H,28,29,30). The van der Waals surface area contributed by atoms with Gasteiger partial charge in [-0.2, -0.15) is 13.2 Å². The molecule has 2 heterocycles. The zero-order valence-corrected chi connectivity index (χ0v) is 15.7. The van der Waals surface area contributed by atoms with Crippen LogP contribution in [0.15, 0.2) is 54.7 Å². The zero-order chi connectivity index (χ0) is 21.3. The highest BCUT2D eigenvalue weighted by Crippen LogP contribution is 2.31. The number of rotatable bonds is 4. The molecule has 154 valence electrons. The Kier molecular flexibility index (Phi) is 5.15. The number of carbonyl (C=O) groups excluding carboxylic acids is 1. The molecular formula is C22H17F4N3O. The van der Waals surface area contributed by atoms with E-state index in [2.05, 4.69) is 15.6 Å². The summed E-state index contributed by atoms with van der Waals surface area (Å²) in [6.45, 7) is 0.765. The number of hydrogen-bond acceptors (Lipinski definition) is 3. The molecule has 0 atom stereocenters. The first-order valence-electron chi connectivity index (χ1n) is 9.28. The van der Waals surface area contributed by atoms with Gasteiger partial charge in [0.15, 0.2) is 0 Å². The highest BCUT2D eigenvalue weighted by Gasteiger charge is 2.31. The number of halogens is 4. The third-order valence-corrected chi connectivity index (χ3v) is 4.87. The number of nitrogens with one attached hydrogen (secondary N) is 2. The van der Waals surface area contributed by atoms with Gasteiger partial charge in [0.25, 0.3) is 5.91 Å². The van der Waals surface area contributed by atoms with E-state index < -0.39 is 17.6 Å². The number of alkyl halides is 3. The molecule has 0 radical (unpaired) electrons. The Morgan fingerprint density at radius 2 is 1.93 bits per heavy atom. The van der Waals surface area contributed by atoms with Crippen LogP contribution < -0.4 is 10.6 Å². The lowest BCUT2D eigenvalue weighted by atomic mass is 10.0. The smallest absolute Gasteiger partial charge is 0.384 e. The van der Waals surface area contributed by atoms with Crippen LogP contribution in [0.3, 0.4) is 0 Å². The minimum Gasteiger partial charge on any atom is -0.384 e. The molecule has 1 aliphatic heterocycles. The van der Waals surface area contributed by atoms with E-state index >= 15 is 0 Å². The van der Waals surface area contributed by atoms with Crippen molar-refractivity contribution in [2.45, 2.75) is 19.0 Å². The highest BCUT2D eigenvalue weighted by molar-refractivity contribution is 6.06. The van der Waals surface area contributed by atoms with Gasteiger partial charge in [-0.15, -0.1) is 0 Å². The third kappa shape index (κ3) is 4.27. The van der Waals surface area contributed by atoms with Crippen molar-refractivity contribution in [2.75, 3.05) is 17.2 Å². The van der Waals surface area contributed by atoms with Gasteiger partial charge in [-0.3, -0.25) is 4.79 Å². The molecule has 4 nitrogen and oxygen atoms in total. The summed E-state index contributed by atoms with van der Waals surface area (Å²) in [5, 5.41) is 5.94. The lowest BCUT2D eigenvalue weighted by molar-refractivity contribution is -0.137. The van der Waals surface area contributed by atoms with E-state index in [-0.39, 0.29) is 23.7 Å². The van der Waals surface area contributed by atoms with E-state index in [4.69, 9.17) is 0 Å². The maximum absolute atomic E-state index is 13.6. The van der Waals surface area contributed by atoms with Gasteiger partial charge in [0, 0.05) is 24.0 Å². The fourth-order valence-corrected chi connectivity index (χ4v) is 3.54. The van der Waals surface area contributed by atoms with Gasteiger partial charge in [-0.05, 0) is 72.0 Å². The van der Waals surface area contributed by atoms with E-state index in [0.717, 1.165) is 36.3 Å². The second-order valence-corrected chi connectivity index (χ2v) is 7.03. The number of carbonyl (C=O) groups is 1. The van der Waals surface area contributed by atoms with Crippen LogP contribution >= 0.6 is 0 Å². The van der Waals surface area contributed by atoms with Crippen molar-refractivity contribution in [3.05, 3.63) is 88.4 Å². The summed E-state index contributed by atoms with van der Waals surface area (Å²) in [5.74, 6) is -0.993. The van der Waals surface area contributed by atoms with Crippen molar-refractivity contribution in [3.63, 3.8) is 0 Å². The van der Waals surface area contributed by atoms with Gasteiger partial charge >= 0.3 is 6.18 Å². The van der Waals surface area contributed by atoms with Gasteiger partial charge in [0.1, 0.15) is 11.6 Å². The summed E-state index contributed by atoms with van der Waals surface area (Å²) >= 11 is 0. The van der Waals surface area contributed by atoms with Crippen LogP contribution in [0.1, 0.15) is 32.6 Å². The number of hydrogen-bond donors (Lipinski definition) is 2. The summed E-state index contributed by atoms with van der Waals surface area (Å²) in [6.07, 6.45) is -2.37. The highest BCUT2D eigenvalue weighted by atomic mass is 19.4. The van der Waals surface area contributed by atoms with E-state index in [0.29, 0.717) is 17.2 Å². The normalized spacial score (nSPS) is 12.9. The predicted octanol–water partition coefficient (Wildman–Crippen LogP) is 5.05. The Balaban J connectivity index is 1.53. The summed E-state index contributed by atoms with van der Waals surface area (Å²) in [4.78, 5) is 16.8. The maximum atomic E-state index is 13.6. The van der Waals surface area contributed by atoms with E-state index in [1.165, 1.54) is 6.20 Å². The molecule has 1 aromatic heterocycles. The number of aromatic nitrogens is 1. The molecule has 3 aromatic rings. The average molecular weight is 415 g/mol. The largest absolute Gasteiger partial charge is 0.416 e. The first kappa shape index (κ1) is 19.9. The van der Waals surface area contributed by atoms with Crippen LogP contribution in [0.4, 0.5) is 29.1 Å². The van der Waals surface area contributed by atoms with Gasteiger partial charge in [-0.1, -0.05) is 6.07 Å². The van der Waals surface area contributed by atoms with Crippen molar-refractivity contribution in [1.82, 2.24) is 4.98 Å². The number of anilines is 2. The Bertz CT molecular complexity index is 1110. The maximum Gasteiger partial charge on any atom is 0.416 e. The van der Waals surface area contributed by atoms with Crippen LogP contribution in [0, 0.1) is 5.82 Å².